The van der Waals surface area contributed by atoms with Gasteiger partial charge in [-0.05, 0) is 6.07 Å². The van der Waals surface area contributed by atoms with Crippen molar-refractivity contribution in [1.82, 2.24) is 5.06 Å². The van der Waals surface area contributed by atoms with Gasteiger partial charge in [0, 0.05) is 12.5 Å². The van der Waals surface area contributed by atoms with Crippen LogP contribution in [0.1, 0.15) is 6.42 Å². The fourth-order valence-electron chi connectivity index (χ4n) is 1.28. The van der Waals surface area contributed by atoms with Crippen molar-refractivity contribution in [2.75, 3.05) is 13.2 Å². The summed E-state index contributed by atoms with van der Waals surface area (Å²) < 4.78 is 5.43. The van der Waals surface area contributed by atoms with Gasteiger partial charge in [0.15, 0.2) is 0 Å². The molecule has 6 N–H and O–H groups in total. The number of nitrogens with one attached hydrogen (secondary N) is 2. The molecule has 0 aliphatic heterocycles. The van der Waals surface area contributed by atoms with Gasteiger partial charge in [0.25, 0.3) is 0 Å². The molecule has 0 amide bonds. The number of nitrogens with two attached hydrogens (primary N) is 2. The van der Waals surface area contributed by atoms with Gasteiger partial charge in [0.2, 0.25) is 11.9 Å². The van der Waals surface area contributed by atoms with E-state index < -0.39 is 11.9 Å². The zero-order valence-corrected chi connectivity index (χ0v) is 13.1. The second kappa shape index (κ2) is 8.14. The number of ether oxygens (including phenoxy) is 1. The van der Waals surface area contributed by atoms with E-state index in [0.717, 1.165) is 0 Å². The fraction of sp³-hybridized carbons (Fsp3) is 0.273. The molecule has 0 heterocycles. The minimum Gasteiger partial charge on any atom is -0.492 e. The van der Waals surface area contributed by atoms with Crippen LogP contribution in [0.25, 0.3) is 0 Å². The van der Waals surface area contributed by atoms with Crippen LogP contribution in [0, 0.1) is 10.8 Å². The van der Waals surface area contributed by atoms with Crippen molar-refractivity contribution in [2.24, 2.45) is 11.5 Å². The maximum atomic E-state index is 7.15. The molecule has 0 saturated carbocycles. The number of hydrogen-bond donors (Lipinski definition) is 4. The SMILES string of the molecule is N=C(N)N(OCCCOc1cc(Cl)c(Cl)cc1Cl)C(=N)N. The van der Waals surface area contributed by atoms with E-state index in [1.165, 1.54) is 12.1 Å². The maximum absolute atomic E-state index is 7.15. The molecule has 0 saturated heterocycles. The van der Waals surface area contributed by atoms with Crippen LogP contribution in [0.3, 0.4) is 0 Å². The molecule has 7 nitrogen and oxygen atoms in total. The topological polar surface area (TPSA) is 121 Å². The summed E-state index contributed by atoms with van der Waals surface area (Å²) in [6, 6.07) is 3.01. The molecule has 0 radical (unpaired) electrons. The van der Waals surface area contributed by atoms with E-state index in [-0.39, 0.29) is 13.2 Å². The predicted molar refractivity (Wildman–Crippen MR) is 83.2 cm³/mol. The van der Waals surface area contributed by atoms with Crippen LogP contribution >= 0.6 is 34.8 Å². The Hall–Kier alpha value is -1.41. The van der Waals surface area contributed by atoms with Crippen molar-refractivity contribution in [3.63, 3.8) is 0 Å². The monoisotopic (exact) mass is 353 g/mol. The van der Waals surface area contributed by atoms with Gasteiger partial charge in [0.1, 0.15) is 5.75 Å². The Morgan fingerprint density at radius 3 is 2.14 bits per heavy atom. The molecule has 1 aromatic rings. The van der Waals surface area contributed by atoms with Crippen LogP contribution in [0.5, 0.6) is 5.75 Å². The van der Waals surface area contributed by atoms with Crippen molar-refractivity contribution in [1.29, 1.82) is 10.8 Å². The third-order valence-electron chi connectivity index (χ3n) is 2.18. The largest absolute Gasteiger partial charge is 0.492 e. The number of halogens is 3. The Bertz CT molecular complexity index is 527. The molecule has 10 heteroatoms. The Morgan fingerprint density at radius 2 is 1.57 bits per heavy atom. The molecule has 0 bridgehead atoms. The molecule has 0 fully saturated rings. The van der Waals surface area contributed by atoms with Gasteiger partial charge in [-0.2, -0.15) is 5.06 Å². The first kappa shape index (κ1) is 17.6. The van der Waals surface area contributed by atoms with Crippen LogP contribution < -0.4 is 16.2 Å². The molecular formula is C11H14Cl3N5O2. The van der Waals surface area contributed by atoms with Crippen LogP contribution in [-0.2, 0) is 4.84 Å². The second-order valence-electron chi connectivity index (χ2n) is 3.80. The lowest BCUT2D eigenvalue weighted by Crippen LogP contribution is -2.45. The lowest BCUT2D eigenvalue weighted by atomic mass is 10.3. The predicted octanol–water partition coefficient (Wildman–Crippen LogP) is 2.44. The molecule has 0 aliphatic rings. The number of hydroxylamine groups is 2. The lowest BCUT2D eigenvalue weighted by molar-refractivity contribution is -0.0493. The summed E-state index contributed by atoms with van der Waals surface area (Å²) in [5, 5.41) is 16.0. The van der Waals surface area contributed by atoms with Gasteiger partial charge in [-0.3, -0.25) is 15.7 Å². The van der Waals surface area contributed by atoms with Crippen molar-refractivity contribution in [3.05, 3.63) is 27.2 Å². The van der Waals surface area contributed by atoms with Crippen LogP contribution in [0.4, 0.5) is 0 Å². The van der Waals surface area contributed by atoms with Crippen LogP contribution in [-0.4, -0.2) is 30.2 Å². The first-order chi connectivity index (χ1) is 9.82. The molecule has 0 atom stereocenters. The van der Waals surface area contributed by atoms with E-state index in [1.807, 2.05) is 0 Å². The van der Waals surface area contributed by atoms with Gasteiger partial charge in [-0.15, -0.1) is 0 Å². The van der Waals surface area contributed by atoms with E-state index in [4.69, 9.17) is 66.7 Å². The number of hydrogen-bond acceptors (Lipinski definition) is 4. The summed E-state index contributed by atoms with van der Waals surface area (Å²) in [7, 11) is 0. The van der Waals surface area contributed by atoms with E-state index in [0.29, 0.717) is 32.3 Å². The van der Waals surface area contributed by atoms with Crippen LogP contribution in [0.2, 0.25) is 15.1 Å². The number of rotatable bonds is 6. The third-order valence-corrected chi connectivity index (χ3v) is 3.20. The van der Waals surface area contributed by atoms with Gasteiger partial charge in [0.05, 0.1) is 28.3 Å². The maximum Gasteiger partial charge on any atom is 0.220 e. The average molecular weight is 355 g/mol. The summed E-state index contributed by atoms with van der Waals surface area (Å²) >= 11 is 17.6. The molecule has 1 aromatic carbocycles. The summed E-state index contributed by atoms with van der Waals surface area (Å²) in [5.74, 6) is -0.548. The summed E-state index contributed by atoms with van der Waals surface area (Å²) in [4.78, 5) is 5.05. The fourth-order valence-corrected chi connectivity index (χ4v) is 1.87. The van der Waals surface area contributed by atoms with E-state index >= 15 is 0 Å². The summed E-state index contributed by atoms with van der Waals surface area (Å²) in [6.07, 6.45) is 0.452. The first-order valence-corrected chi connectivity index (χ1v) is 6.84. The summed E-state index contributed by atoms with van der Waals surface area (Å²) in [5.41, 5.74) is 10.4. The van der Waals surface area contributed by atoms with Gasteiger partial charge >= 0.3 is 0 Å². The molecule has 0 aliphatic carbocycles. The minimum atomic E-state index is -0.476. The molecule has 116 valence electrons. The third kappa shape index (κ3) is 5.47. The number of benzene rings is 1. The Kier molecular flexibility index (Phi) is 6.83. The highest BCUT2D eigenvalue weighted by molar-refractivity contribution is 6.43. The highest BCUT2D eigenvalue weighted by Gasteiger charge is 2.11. The van der Waals surface area contributed by atoms with Gasteiger partial charge < -0.3 is 16.2 Å². The lowest BCUT2D eigenvalue weighted by Gasteiger charge is -2.19. The second-order valence-corrected chi connectivity index (χ2v) is 5.02. The van der Waals surface area contributed by atoms with E-state index in [9.17, 15) is 0 Å². The van der Waals surface area contributed by atoms with Crippen molar-refractivity contribution < 1.29 is 9.57 Å². The van der Waals surface area contributed by atoms with Crippen molar-refractivity contribution in [3.8, 4) is 5.75 Å². The highest BCUT2D eigenvalue weighted by Crippen LogP contribution is 2.33. The average Bonchev–Trinajstić information content (AvgIpc) is 2.38. The molecule has 0 aromatic heterocycles. The molecule has 21 heavy (non-hydrogen) atoms. The quantitative estimate of drug-likeness (QED) is 0.205. The Balaban J connectivity index is 2.40. The standard InChI is InChI=1S/C11H14Cl3N5O2/c12-6-4-8(14)9(5-7(6)13)20-2-1-3-21-19(10(15)16)11(17)18/h4-5H,1-3H2,(H3,15,16)(H3,17,18). The molecular weight excluding hydrogens is 341 g/mol. The van der Waals surface area contributed by atoms with E-state index in [1.54, 1.807) is 0 Å². The number of guanidine groups is 2. The highest BCUT2D eigenvalue weighted by atomic mass is 35.5. The first-order valence-electron chi connectivity index (χ1n) is 5.71. The van der Waals surface area contributed by atoms with E-state index in [2.05, 4.69) is 0 Å². The zero-order chi connectivity index (χ0) is 16.0. The zero-order valence-electron chi connectivity index (χ0n) is 10.8. The molecule has 0 spiro atoms. The normalized spacial score (nSPS) is 10.2. The number of nitrogens with zero attached hydrogens (tertiary/aromatic N) is 1. The Labute approximate surface area is 136 Å². The summed E-state index contributed by atoms with van der Waals surface area (Å²) in [6.45, 7) is 0.430. The molecule has 1 rings (SSSR count). The Morgan fingerprint density at radius 1 is 1.00 bits per heavy atom. The van der Waals surface area contributed by atoms with Crippen LogP contribution in [0.15, 0.2) is 12.1 Å². The molecule has 0 unspecified atom stereocenters. The minimum absolute atomic E-state index is 0.151. The van der Waals surface area contributed by atoms with Gasteiger partial charge in [-0.25, -0.2) is 0 Å². The smallest absolute Gasteiger partial charge is 0.220 e. The van der Waals surface area contributed by atoms with Crippen molar-refractivity contribution in [2.45, 2.75) is 6.42 Å². The van der Waals surface area contributed by atoms with Gasteiger partial charge in [-0.1, -0.05) is 34.8 Å². The van der Waals surface area contributed by atoms with Crippen molar-refractivity contribution >= 4 is 46.7 Å².